The van der Waals surface area contributed by atoms with Crippen LogP contribution in [0.4, 0.5) is 18.9 Å². The van der Waals surface area contributed by atoms with Gasteiger partial charge in [-0.25, -0.2) is 9.97 Å². The molecular formula is C26H30F3N7O2. The van der Waals surface area contributed by atoms with E-state index in [0.717, 1.165) is 30.3 Å². The molecule has 0 aliphatic heterocycles. The van der Waals surface area contributed by atoms with Gasteiger partial charge in [0.05, 0.1) is 19.0 Å². The van der Waals surface area contributed by atoms with Crippen LogP contribution in [0.25, 0.3) is 17.0 Å². The van der Waals surface area contributed by atoms with Crippen LogP contribution in [0.2, 0.25) is 0 Å². The van der Waals surface area contributed by atoms with Crippen molar-refractivity contribution >= 4 is 17.0 Å². The molecule has 2 heterocycles. The lowest BCUT2D eigenvalue weighted by Crippen LogP contribution is -2.18. The highest BCUT2D eigenvalue weighted by atomic mass is 19.4. The lowest BCUT2D eigenvalue weighted by atomic mass is 10.1. The molecule has 1 fully saturated rings. The molecule has 9 nitrogen and oxygen atoms in total. The second-order valence-corrected chi connectivity index (χ2v) is 9.15. The molecule has 1 aromatic carbocycles. The Morgan fingerprint density at radius 1 is 1.18 bits per heavy atom. The van der Waals surface area contributed by atoms with Gasteiger partial charge in [0.25, 0.3) is 0 Å². The minimum Gasteiger partial charge on any atom is -0.482 e. The molecule has 1 aliphatic carbocycles. The molecule has 0 saturated heterocycles. The van der Waals surface area contributed by atoms with Gasteiger partial charge in [-0.15, -0.1) is 0 Å². The Labute approximate surface area is 218 Å². The summed E-state index contributed by atoms with van der Waals surface area (Å²) in [6.07, 6.45) is 0.147. The first kappa shape index (κ1) is 27.0. The molecular weight excluding hydrogens is 499 g/mol. The number of aliphatic imine (C=N–C) groups is 1. The molecule has 0 spiro atoms. The SMILES string of the molecule is CN=C(C(=C(N)OC)c1ncc(N(C)C)c(OCc2ccc(-c3nc(C(F)(F)F)cn3C)cc2)n1)C1CC1. The Morgan fingerprint density at radius 2 is 1.87 bits per heavy atom. The number of alkyl halides is 3. The molecule has 12 heteroatoms. The molecule has 202 valence electrons. The van der Waals surface area contributed by atoms with E-state index in [2.05, 4.69) is 19.9 Å². The van der Waals surface area contributed by atoms with Crippen LogP contribution >= 0.6 is 0 Å². The van der Waals surface area contributed by atoms with Gasteiger partial charge in [0.15, 0.2) is 17.4 Å². The van der Waals surface area contributed by atoms with E-state index in [9.17, 15) is 13.2 Å². The van der Waals surface area contributed by atoms with Crippen molar-refractivity contribution in [3.05, 3.63) is 59.6 Å². The van der Waals surface area contributed by atoms with Gasteiger partial charge >= 0.3 is 6.18 Å². The monoisotopic (exact) mass is 529 g/mol. The quantitative estimate of drug-likeness (QED) is 0.326. The second kappa shape index (κ2) is 10.7. The van der Waals surface area contributed by atoms with E-state index in [4.69, 9.17) is 15.2 Å². The summed E-state index contributed by atoms with van der Waals surface area (Å²) < 4.78 is 51.9. The summed E-state index contributed by atoms with van der Waals surface area (Å²) in [6, 6.07) is 6.97. The van der Waals surface area contributed by atoms with Gasteiger partial charge in [0, 0.05) is 45.9 Å². The Bertz CT molecular complexity index is 1360. The zero-order chi connectivity index (χ0) is 27.6. The van der Waals surface area contributed by atoms with E-state index in [1.807, 2.05) is 19.0 Å². The van der Waals surface area contributed by atoms with Gasteiger partial charge in [0.1, 0.15) is 23.7 Å². The van der Waals surface area contributed by atoms with Gasteiger partial charge in [-0.3, -0.25) is 4.99 Å². The maximum atomic E-state index is 13.0. The Kier molecular flexibility index (Phi) is 7.61. The summed E-state index contributed by atoms with van der Waals surface area (Å²) in [5, 5.41) is 0. The molecule has 0 unspecified atom stereocenters. The highest BCUT2D eigenvalue weighted by molar-refractivity contribution is 6.25. The smallest absolute Gasteiger partial charge is 0.434 e. The van der Waals surface area contributed by atoms with Crippen molar-refractivity contribution in [3.8, 4) is 17.3 Å². The largest absolute Gasteiger partial charge is 0.482 e. The number of rotatable bonds is 9. The third-order valence-corrected chi connectivity index (χ3v) is 6.12. The Morgan fingerprint density at radius 3 is 2.39 bits per heavy atom. The first-order valence-corrected chi connectivity index (χ1v) is 11.9. The van der Waals surface area contributed by atoms with Gasteiger partial charge < -0.3 is 24.7 Å². The van der Waals surface area contributed by atoms with Crippen LogP contribution in [0.5, 0.6) is 5.88 Å². The third kappa shape index (κ3) is 5.74. The topological polar surface area (TPSA) is 104 Å². The lowest BCUT2D eigenvalue weighted by molar-refractivity contribution is -0.140. The predicted molar refractivity (Wildman–Crippen MR) is 139 cm³/mol. The number of anilines is 1. The van der Waals surface area contributed by atoms with Crippen LogP contribution < -0.4 is 15.4 Å². The molecule has 1 saturated carbocycles. The summed E-state index contributed by atoms with van der Waals surface area (Å²) in [5.41, 5.74) is 8.61. The fourth-order valence-corrected chi connectivity index (χ4v) is 3.97. The van der Waals surface area contributed by atoms with Crippen LogP contribution in [0.3, 0.4) is 0 Å². The molecule has 1 aliphatic rings. The van der Waals surface area contributed by atoms with Crippen LogP contribution in [0.15, 0.2) is 47.5 Å². The number of halogens is 3. The number of methoxy groups -OCH3 is 1. The van der Waals surface area contributed by atoms with E-state index in [1.165, 1.54) is 18.7 Å². The van der Waals surface area contributed by atoms with E-state index in [-0.39, 0.29) is 24.2 Å². The maximum Gasteiger partial charge on any atom is 0.434 e. The second-order valence-electron chi connectivity index (χ2n) is 9.15. The van der Waals surface area contributed by atoms with Gasteiger partial charge in [0.2, 0.25) is 5.88 Å². The van der Waals surface area contributed by atoms with Gasteiger partial charge in [-0.1, -0.05) is 24.3 Å². The van der Waals surface area contributed by atoms with Crippen molar-refractivity contribution in [1.29, 1.82) is 0 Å². The summed E-state index contributed by atoms with van der Waals surface area (Å²) in [6.45, 7) is 0.169. The molecule has 0 radical (unpaired) electrons. The van der Waals surface area contributed by atoms with Crippen LogP contribution in [-0.4, -0.2) is 53.5 Å². The number of ether oxygens (including phenoxy) is 2. The molecule has 4 rings (SSSR count). The first-order valence-electron chi connectivity index (χ1n) is 11.9. The van der Waals surface area contributed by atoms with Crippen molar-refractivity contribution < 1.29 is 22.6 Å². The van der Waals surface area contributed by atoms with Gasteiger partial charge in [-0.2, -0.15) is 18.2 Å². The minimum atomic E-state index is -4.50. The molecule has 38 heavy (non-hydrogen) atoms. The summed E-state index contributed by atoms with van der Waals surface area (Å²) in [7, 11) is 8.43. The van der Waals surface area contributed by atoms with Crippen LogP contribution in [-0.2, 0) is 24.6 Å². The van der Waals surface area contributed by atoms with Crippen LogP contribution in [0, 0.1) is 5.92 Å². The van der Waals surface area contributed by atoms with E-state index in [1.54, 1.807) is 37.5 Å². The maximum absolute atomic E-state index is 13.0. The number of hydrogen-bond donors (Lipinski definition) is 1. The first-order chi connectivity index (χ1) is 18.0. The average molecular weight is 530 g/mol. The number of nitrogens with two attached hydrogens (primary N) is 1. The molecule has 2 aromatic heterocycles. The molecule has 2 N–H and O–H groups in total. The summed E-state index contributed by atoms with van der Waals surface area (Å²) in [5.74, 6) is 1.38. The third-order valence-electron chi connectivity index (χ3n) is 6.12. The zero-order valence-corrected chi connectivity index (χ0v) is 21.9. The molecule has 3 aromatic rings. The van der Waals surface area contributed by atoms with Crippen molar-refractivity contribution in [3.63, 3.8) is 0 Å². The highest BCUT2D eigenvalue weighted by Gasteiger charge is 2.35. The number of imidazole rings is 1. The van der Waals surface area contributed by atoms with Gasteiger partial charge in [-0.05, 0) is 18.4 Å². The number of nitrogens with zero attached hydrogens (tertiary/aromatic N) is 6. The van der Waals surface area contributed by atoms with Crippen molar-refractivity contribution in [2.75, 3.05) is 33.2 Å². The molecule has 0 atom stereocenters. The number of aryl methyl sites for hydroxylation is 1. The standard InChI is InChI=1S/C26H30F3N7O2/c1-31-21(16-10-11-16)20(22(30)37-5)23-32-12-18(35(2)3)25(34-23)38-14-15-6-8-17(9-7-15)24-33-19(13-36(24)4)26(27,28)29/h6-9,12-13,16H,10-11,14,30H2,1-5H3. The average Bonchev–Trinajstić information content (AvgIpc) is 3.65. The van der Waals surface area contributed by atoms with Crippen molar-refractivity contribution in [2.45, 2.75) is 25.6 Å². The Hall–Kier alpha value is -4.09. The number of benzene rings is 1. The summed E-state index contributed by atoms with van der Waals surface area (Å²) in [4.78, 5) is 19.2. The van der Waals surface area contributed by atoms with Crippen molar-refractivity contribution in [1.82, 2.24) is 19.5 Å². The van der Waals surface area contributed by atoms with E-state index < -0.39 is 11.9 Å². The molecule has 0 bridgehead atoms. The fourth-order valence-electron chi connectivity index (χ4n) is 3.97. The summed E-state index contributed by atoms with van der Waals surface area (Å²) >= 11 is 0. The predicted octanol–water partition coefficient (Wildman–Crippen LogP) is 4.30. The van der Waals surface area contributed by atoms with E-state index in [0.29, 0.717) is 28.5 Å². The fraction of sp³-hybridized carbons (Fsp3) is 0.385. The Balaban J connectivity index is 1.59. The normalized spacial score (nSPS) is 14.8. The number of allylic oxidation sites excluding steroid dienone is 1. The number of hydrogen-bond acceptors (Lipinski definition) is 8. The van der Waals surface area contributed by atoms with E-state index >= 15 is 0 Å². The molecule has 0 amide bonds. The van der Waals surface area contributed by atoms with Crippen molar-refractivity contribution in [2.24, 2.45) is 23.7 Å². The van der Waals surface area contributed by atoms with Crippen LogP contribution in [0.1, 0.15) is 29.9 Å². The number of aromatic nitrogens is 4. The minimum absolute atomic E-state index is 0.169. The highest BCUT2D eigenvalue weighted by Crippen LogP contribution is 2.37. The zero-order valence-electron chi connectivity index (χ0n) is 21.9. The lowest BCUT2D eigenvalue weighted by Gasteiger charge is -2.19.